The van der Waals surface area contributed by atoms with Crippen molar-refractivity contribution in [3.05, 3.63) is 18.2 Å². The molecule has 0 radical (unpaired) electrons. The summed E-state index contributed by atoms with van der Waals surface area (Å²) in [5.74, 6) is 1.07. The van der Waals surface area contributed by atoms with Crippen molar-refractivity contribution in [3.63, 3.8) is 0 Å². The Hall–Kier alpha value is -0.870. The molecule has 0 amide bonds. The van der Waals surface area contributed by atoms with Crippen LogP contribution in [0.1, 0.15) is 32.5 Å². The summed E-state index contributed by atoms with van der Waals surface area (Å²) >= 11 is 0. The van der Waals surface area contributed by atoms with Crippen LogP contribution in [-0.4, -0.2) is 39.1 Å². The lowest BCUT2D eigenvalue weighted by atomic mass is 9.90. The largest absolute Gasteiger partial charge is 0.338 e. The summed E-state index contributed by atoms with van der Waals surface area (Å²) in [5.41, 5.74) is 6.45. The first kappa shape index (κ1) is 12.6. The molecule has 0 aromatic carbocycles. The fourth-order valence-electron chi connectivity index (χ4n) is 2.57. The minimum atomic E-state index is 0.0580. The number of aromatic nitrogens is 2. The summed E-state index contributed by atoms with van der Waals surface area (Å²) in [5, 5.41) is 0. The summed E-state index contributed by atoms with van der Waals surface area (Å²) in [4.78, 5) is 6.87. The molecule has 1 aromatic heterocycles. The smallest absolute Gasteiger partial charge is 0.109 e. The van der Waals surface area contributed by atoms with Gasteiger partial charge in [0, 0.05) is 37.4 Å². The second kappa shape index (κ2) is 4.78. The molecule has 1 saturated heterocycles. The van der Waals surface area contributed by atoms with Crippen molar-refractivity contribution >= 4 is 0 Å². The number of nitrogens with two attached hydrogens (primary N) is 1. The maximum absolute atomic E-state index is 6.40. The van der Waals surface area contributed by atoms with Gasteiger partial charge in [-0.1, -0.05) is 0 Å². The first-order valence-corrected chi connectivity index (χ1v) is 6.48. The van der Waals surface area contributed by atoms with E-state index in [9.17, 15) is 0 Å². The molecular formula is C13H24N4. The minimum Gasteiger partial charge on any atom is -0.338 e. The Morgan fingerprint density at radius 3 is 2.59 bits per heavy atom. The lowest BCUT2D eigenvalue weighted by Crippen LogP contribution is -2.56. The summed E-state index contributed by atoms with van der Waals surface area (Å²) in [6.07, 6.45) is 7.26. The predicted molar refractivity (Wildman–Crippen MR) is 69.8 cm³/mol. The lowest BCUT2D eigenvalue weighted by Gasteiger charge is -2.40. The molecule has 1 aliphatic rings. The molecule has 1 unspecified atom stereocenters. The molecule has 17 heavy (non-hydrogen) atoms. The van der Waals surface area contributed by atoms with E-state index in [1.165, 1.54) is 25.9 Å². The molecule has 2 N–H and O–H groups in total. The van der Waals surface area contributed by atoms with Crippen LogP contribution < -0.4 is 5.73 Å². The summed E-state index contributed by atoms with van der Waals surface area (Å²) in [6, 6.07) is 0.127. The van der Waals surface area contributed by atoms with Gasteiger partial charge in [-0.05, 0) is 39.8 Å². The van der Waals surface area contributed by atoms with Crippen molar-refractivity contribution in [1.82, 2.24) is 14.5 Å². The Morgan fingerprint density at radius 1 is 1.41 bits per heavy atom. The van der Waals surface area contributed by atoms with Gasteiger partial charge in [0.25, 0.3) is 0 Å². The maximum atomic E-state index is 6.40. The van der Waals surface area contributed by atoms with Crippen LogP contribution in [0.4, 0.5) is 0 Å². The Bertz CT molecular complexity index is 363. The maximum Gasteiger partial charge on any atom is 0.109 e. The Labute approximate surface area is 104 Å². The zero-order valence-electron chi connectivity index (χ0n) is 11.2. The zero-order valence-corrected chi connectivity index (χ0v) is 11.2. The van der Waals surface area contributed by atoms with E-state index in [1.54, 1.807) is 0 Å². The third-order valence-corrected chi connectivity index (χ3v) is 4.15. The molecular weight excluding hydrogens is 212 g/mol. The molecule has 96 valence electrons. The molecule has 0 bridgehead atoms. The van der Waals surface area contributed by atoms with Crippen molar-refractivity contribution in [1.29, 1.82) is 0 Å². The zero-order chi connectivity index (χ0) is 12.5. The number of aryl methyl sites for hydroxylation is 1. The van der Waals surface area contributed by atoms with Crippen molar-refractivity contribution in [2.45, 2.75) is 44.7 Å². The van der Waals surface area contributed by atoms with Crippen LogP contribution >= 0.6 is 0 Å². The SMILES string of the molecule is Cn1ccnc1CC(N)C(C)(C)N1CCCC1. The first-order chi connectivity index (χ1) is 8.01. The quantitative estimate of drug-likeness (QED) is 0.853. The van der Waals surface area contributed by atoms with Crippen molar-refractivity contribution in [2.24, 2.45) is 12.8 Å². The van der Waals surface area contributed by atoms with Gasteiger partial charge in [0.1, 0.15) is 5.82 Å². The molecule has 0 spiro atoms. The summed E-state index contributed by atoms with van der Waals surface area (Å²) in [7, 11) is 2.03. The molecule has 2 heterocycles. The van der Waals surface area contributed by atoms with Gasteiger partial charge in [0.15, 0.2) is 0 Å². The Morgan fingerprint density at radius 2 is 2.06 bits per heavy atom. The number of hydrogen-bond donors (Lipinski definition) is 1. The van der Waals surface area contributed by atoms with E-state index in [0.717, 1.165) is 12.2 Å². The molecule has 1 atom stereocenters. The van der Waals surface area contributed by atoms with Crippen molar-refractivity contribution < 1.29 is 0 Å². The van der Waals surface area contributed by atoms with Gasteiger partial charge < -0.3 is 10.3 Å². The standard InChI is InChI=1S/C13H24N4/c1-13(2,17-7-4-5-8-17)11(14)10-12-15-6-9-16(12)3/h6,9,11H,4-5,7-8,10,14H2,1-3H3. The van der Waals surface area contributed by atoms with Crippen LogP contribution in [0.5, 0.6) is 0 Å². The molecule has 0 saturated carbocycles. The summed E-state index contributed by atoms with van der Waals surface area (Å²) in [6.45, 7) is 6.88. The van der Waals surface area contributed by atoms with Gasteiger partial charge in [-0.3, -0.25) is 4.90 Å². The topological polar surface area (TPSA) is 47.1 Å². The van der Waals surface area contributed by atoms with Gasteiger partial charge in [-0.15, -0.1) is 0 Å². The second-order valence-electron chi connectivity index (χ2n) is 5.61. The highest BCUT2D eigenvalue weighted by Crippen LogP contribution is 2.24. The molecule has 1 fully saturated rings. The van der Waals surface area contributed by atoms with Crippen LogP contribution in [0.2, 0.25) is 0 Å². The fourth-order valence-corrected chi connectivity index (χ4v) is 2.57. The molecule has 4 heteroatoms. The van der Waals surface area contributed by atoms with Gasteiger partial charge >= 0.3 is 0 Å². The monoisotopic (exact) mass is 236 g/mol. The number of nitrogens with zero attached hydrogens (tertiary/aromatic N) is 3. The van der Waals surface area contributed by atoms with Crippen molar-refractivity contribution in [3.8, 4) is 0 Å². The van der Waals surface area contributed by atoms with E-state index in [0.29, 0.717) is 0 Å². The molecule has 1 aliphatic heterocycles. The highest BCUT2D eigenvalue weighted by atomic mass is 15.2. The number of rotatable bonds is 4. The molecule has 0 aliphatic carbocycles. The molecule has 4 nitrogen and oxygen atoms in total. The van der Waals surface area contributed by atoms with E-state index in [-0.39, 0.29) is 11.6 Å². The average molecular weight is 236 g/mol. The van der Waals surface area contributed by atoms with Gasteiger partial charge in [0.05, 0.1) is 0 Å². The Kier molecular flexibility index (Phi) is 3.54. The summed E-state index contributed by atoms with van der Waals surface area (Å²) < 4.78 is 2.06. The first-order valence-electron chi connectivity index (χ1n) is 6.48. The molecule has 1 aromatic rings. The lowest BCUT2D eigenvalue weighted by molar-refractivity contribution is 0.122. The minimum absolute atomic E-state index is 0.0580. The normalized spacial score (nSPS) is 19.8. The Balaban J connectivity index is 2.03. The van der Waals surface area contributed by atoms with Crippen LogP contribution in [0.3, 0.4) is 0 Å². The van der Waals surface area contributed by atoms with Crippen LogP contribution in [0.15, 0.2) is 12.4 Å². The second-order valence-corrected chi connectivity index (χ2v) is 5.61. The number of likely N-dealkylation sites (tertiary alicyclic amines) is 1. The number of imidazole rings is 1. The van der Waals surface area contributed by atoms with Crippen LogP contribution in [0, 0.1) is 0 Å². The fraction of sp³-hybridized carbons (Fsp3) is 0.769. The van der Waals surface area contributed by atoms with Crippen LogP contribution in [-0.2, 0) is 13.5 Å². The van der Waals surface area contributed by atoms with E-state index in [2.05, 4.69) is 28.3 Å². The van der Waals surface area contributed by atoms with Crippen LogP contribution in [0.25, 0.3) is 0 Å². The van der Waals surface area contributed by atoms with E-state index in [1.807, 2.05) is 19.4 Å². The highest BCUT2D eigenvalue weighted by Gasteiger charge is 2.35. The third-order valence-electron chi connectivity index (χ3n) is 4.15. The third kappa shape index (κ3) is 2.53. The van der Waals surface area contributed by atoms with Gasteiger partial charge in [0.2, 0.25) is 0 Å². The number of hydrogen-bond acceptors (Lipinski definition) is 3. The predicted octanol–water partition coefficient (Wildman–Crippen LogP) is 1.16. The van der Waals surface area contributed by atoms with Gasteiger partial charge in [-0.25, -0.2) is 4.98 Å². The van der Waals surface area contributed by atoms with E-state index < -0.39 is 0 Å². The average Bonchev–Trinajstić information content (AvgIpc) is 2.90. The van der Waals surface area contributed by atoms with Gasteiger partial charge in [-0.2, -0.15) is 0 Å². The highest BCUT2D eigenvalue weighted by molar-refractivity contribution is 5.01. The van der Waals surface area contributed by atoms with Crippen molar-refractivity contribution in [2.75, 3.05) is 13.1 Å². The molecule has 2 rings (SSSR count). The van der Waals surface area contributed by atoms with E-state index >= 15 is 0 Å². The van der Waals surface area contributed by atoms with E-state index in [4.69, 9.17) is 5.73 Å².